The second kappa shape index (κ2) is 7.38. The van der Waals surface area contributed by atoms with E-state index in [1.54, 1.807) is 24.3 Å². The van der Waals surface area contributed by atoms with E-state index in [4.69, 9.17) is 4.74 Å². The Kier molecular flexibility index (Phi) is 6.46. The Hall–Kier alpha value is -0.430. The van der Waals surface area contributed by atoms with Crippen LogP contribution in [-0.4, -0.2) is 26.5 Å². The van der Waals surface area contributed by atoms with Crippen LogP contribution in [0.15, 0.2) is 29.2 Å². The summed E-state index contributed by atoms with van der Waals surface area (Å²) in [5.41, 5.74) is -0.481. The van der Waals surface area contributed by atoms with Gasteiger partial charge < -0.3 is 9.84 Å². The Labute approximate surface area is 125 Å². The van der Waals surface area contributed by atoms with Crippen molar-refractivity contribution >= 4 is 26.9 Å². The Bertz CT molecular complexity index is 420. The van der Waals surface area contributed by atoms with E-state index in [1.165, 1.54) is 0 Å². The molecule has 0 spiro atoms. The van der Waals surface area contributed by atoms with E-state index in [0.717, 1.165) is 0 Å². The van der Waals surface area contributed by atoms with Crippen LogP contribution in [0.1, 0.15) is 27.2 Å². The van der Waals surface area contributed by atoms with E-state index in [9.17, 15) is 9.32 Å². The number of rotatable bonds is 7. The second-order valence-electron chi connectivity index (χ2n) is 4.74. The molecule has 6 heteroatoms. The minimum absolute atomic E-state index is 0.470. The molecule has 0 saturated carbocycles. The molecule has 0 heterocycles. The first-order valence-electron chi connectivity index (χ1n) is 6.10. The van der Waals surface area contributed by atoms with Crippen molar-refractivity contribution < 1.29 is 14.1 Å². The van der Waals surface area contributed by atoms with Crippen molar-refractivity contribution in [3.8, 4) is 5.75 Å². The van der Waals surface area contributed by atoms with Gasteiger partial charge in [-0.3, -0.25) is 0 Å². The van der Waals surface area contributed by atoms with Gasteiger partial charge in [-0.1, -0.05) is 22.9 Å². The number of alkyl halides is 1. The van der Waals surface area contributed by atoms with Gasteiger partial charge in [0, 0.05) is 13.0 Å². The van der Waals surface area contributed by atoms with Crippen molar-refractivity contribution in [2.75, 3.05) is 6.54 Å². The van der Waals surface area contributed by atoms with Gasteiger partial charge >= 0.3 is 0 Å². The van der Waals surface area contributed by atoms with Crippen molar-refractivity contribution in [3.05, 3.63) is 24.3 Å². The summed E-state index contributed by atoms with van der Waals surface area (Å²) in [6.07, 6.45) is 0.470. The third-order valence-electron chi connectivity index (χ3n) is 2.37. The molecule has 0 aliphatic heterocycles. The highest BCUT2D eigenvalue weighted by molar-refractivity contribution is 9.09. The summed E-state index contributed by atoms with van der Waals surface area (Å²) in [6, 6.07) is 7.11. The maximum absolute atomic E-state index is 11.7. The lowest BCUT2D eigenvalue weighted by molar-refractivity contribution is 0.0690. The van der Waals surface area contributed by atoms with Gasteiger partial charge in [0.25, 0.3) is 0 Å². The monoisotopic (exact) mass is 349 g/mol. The molecule has 0 aromatic heterocycles. The van der Waals surface area contributed by atoms with Gasteiger partial charge in [0.05, 0.1) is 4.90 Å². The third kappa shape index (κ3) is 6.03. The number of hydrogen-bond acceptors (Lipinski definition) is 3. The van der Waals surface area contributed by atoms with Gasteiger partial charge in [0.15, 0.2) is 0 Å². The van der Waals surface area contributed by atoms with Crippen LogP contribution in [0.25, 0.3) is 0 Å². The Morgan fingerprint density at radius 1 is 1.42 bits per heavy atom. The van der Waals surface area contributed by atoms with E-state index in [1.807, 2.05) is 20.8 Å². The smallest absolute Gasteiger partial charge is 0.124 e. The second-order valence-corrected chi connectivity index (χ2v) is 7.09. The standard InChI is InChI=1S/C13H20BrNO3S/c1-4-15-19(17)11-7-5-10(6-8-11)18-13(2,3)9-12(14)16/h5-8,12,15-16H,4,9H2,1-3H3. The lowest BCUT2D eigenvalue weighted by atomic mass is 10.1. The summed E-state index contributed by atoms with van der Waals surface area (Å²) in [6.45, 7) is 6.37. The molecule has 1 rings (SSSR count). The van der Waals surface area contributed by atoms with Crippen LogP contribution in [0.2, 0.25) is 0 Å². The molecule has 0 radical (unpaired) electrons. The van der Waals surface area contributed by atoms with Crippen molar-refractivity contribution in [3.63, 3.8) is 0 Å². The fraction of sp³-hybridized carbons (Fsp3) is 0.538. The van der Waals surface area contributed by atoms with Crippen LogP contribution in [-0.2, 0) is 11.0 Å². The predicted octanol–water partition coefficient (Wildman–Crippen LogP) is 2.58. The summed E-state index contributed by atoms with van der Waals surface area (Å²) in [4.78, 5) is 0.715. The van der Waals surface area contributed by atoms with E-state index in [2.05, 4.69) is 20.7 Å². The molecule has 0 aliphatic rings. The number of benzene rings is 1. The number of halogens is 1. The number of hydrogen-bond donors (Lipinski definition) is 2. The number of aliphatic hydroxyl groups is 1. The summed E-state index contributed by atoms with van der Waals surface area (Å²) in [5.74, 6) is 0.690. The Morgan fingerprint density at radius 3 is 2.47 bits per heavy atom. The fourth-order valence-electron chi connectivity index (χ4n) is 1.61. The van der Waals surface area contributed by atoms with Crippen molar-refractivity contribution in [2.45, 2.75) is 42.7 Å². The van der Waals surface area contributed by atoms with Crippen molar-refractivity contribution in [1.29, 1.82) is 0 Å². The predicted molar refractivity (Wildman–Crippen MR) is 80.8 cm³/mol. The molecule has 1 aromatic rings. The largest absolute Gasteiger partial charge is 0.488 e. The topological polar surface area (TPSA) is 58.6 Å². The fourth-order valence-corrected chi connectivity index (χ4v) is 3.20. The van der Waals surface area contributed by atoms with E-state index >= 15 is 0 Å². The molecule has 0 amide bonds. The average molecular weight is 350 g/mol. The van der Waals surface area contributed by atoms with Crippen LogP contribution in [0.3, 0.4) is 0 Å². The van der Waals surface area contributed by atoms with Gasteiger partial charge in [0.1, 0.15) is 27.3 Å². The van der Waals surface area contributed by atoms with Gasteiger partial charge in [-0.2, -0.15) is 0 Å². The molecule has 108 valence electrons. The summed E-state index contributed by atoms with van der Waals surface area (Å²) in [5, 5.41) is 8.74. The molecule has 1 aromatic carbocycles. The number of ether oxygens (including phenoxy) is 1. The van der Waals surface area contributed by atoms with E-state index < -0.39 is 21.6 Å². The highest BCUT2D eigenvalue weighted by Gasteiger charge is 2.23. The highest BCUT2D eigenvalue weighted by Crippen LogP contribution is 2.24. The van der Waals surface area contributed by atoms with Crippen molar-refractivity contribution in [1.82, 2.24) is 4.72 Å². The van der Waals surface area contributed by atoms with Gasteiger partial charge in [-0.25, -0.2) is 8.93 Å². The molecule has 0 fully saturated rings. The molecular formula is C13H20BrNO3S. The van der Waals surface area contributed by atoms with Crippen LogP contribution in [0.5, 0.6) is 5.75 Å². The molecule has 0 saturated heterocycles. The maximum atomic E-state index is 11.7. The number of aliphatic hydroxyl groups excluding tert-OH is 1. The molecule has 2 atom stereocenters. The van der Waals surface area contributed by atoms with E-state index in [-0.39, 0.29) is 0 Å². The molecule has 2 unspecified atom stereocenters. The average Bonchev–Trinajstić information content (AvgIpc) is 2.27. The molecule has 4 nitrogen and oxygen atoms in total. The first kappa shape index (κ1) is 16.6. The van der Waals surface area contributed by atoms with Crippen LogP contribution in [0.4, 0.5) is 0 Å². The SMILES string of the molecule is CCNS(=O)c1ccc(OC(C)(C)CC(O)Br)cc1. The van der Waals surface area contributed by atoms with Crippen LogP contribution >= 0.6 is 15.9 Å². The zero-order valence-electron chi connectivity index (χ0n) is 11.4. The number of nitrogens with one attached hydrogen (secondary N) is 1. The summed E-state index contributed by atoms with van der Waals surface area (Å²) < 4.78 is 20.4. The minimum Gasteiger partial charge on any atom is -0.488 e. The lowest BCUT2D eigenvalue weighted by Gasteiger charge is -2.27. The Morgan fingerprint density at radius 2 is 2.00 bits per heavy atom. The summed E-state index contributed by atoms with van der Waals surface area (Å²) >= 11 is 3.10. The quantitative estimate of drug-likeness (QED) is 0.743. The van der Waals surface area contributed by atoms with Crippen LogP contribution in [0, 0.1) is 0 Å². The van der Waals surface area contributed by atoms with Crippen molar-refractivity contribution in [2.24, 2.45) is 0 Å². The maximum Gasteiger partial charge on any atom is 0.124 e. The first-order valence-corrected chi connectivity index (χ1v) is 8.17. The first-order chi connectivity index (χ1) is 8.84. The zero-order valence-corrected chi connectivity index (χ0v) is 13.8. The van der Waals surface area contributed by atoms with Crippen LogP contribution < -0.4 is 9.46 Å². The normalized spacial score (nSPS) is 15.0. The minimum atomic E-state index is -1.18. The lowest BCUT2D eigenvalue weighted by Crippen LogP contribution is -2.31. The van der Waals surface area contributed by atoms with Gasteiger partial charge in [0.2, 0.25) is 0 Å². The Balaban J connectivity index is 2.69. The van der Waals surface area contributed by atoms with Gasteiger partial charge in [-0.15, -0.1) is 0 Å². The highest BCUT2D eigenvalue weighted by atomic mass is 79.9. The summed E-state index contributed by atoms with van der Waals surface area (Å²) in [7, 11) is -1.18. The molecule has 2 N–H and O–H groups in total. The molecule has 19 heavy (non-hydrogen) atoms. The zero-order chi connectivity index (χ0) is 14.5. The van der Waals surface area contributed by atoms with E-state index in [0.29, 0.717) is 23.6 Å². The third-order valence-corrected chi connectivity index (χ3v) is 3.94. The molecular weight excluding hydrogens is 330 g/mol. The molecule has 0 bridgehead atoms. The van der Waals surface area contributed by atoms with Gasteiger partial charge in [-0.05, 0) is 38.1 Å². The molecule has 0 aliphatic carbocycles.